The lowest BCUT2D eigenvalue weighted by molar-refractivity contribution is 0.102. The van der Waals surface area contributed by atoms with Crippen molar-refractivity contribution in [2.24, 2.45) is 5.92 Å². The molecule has 17 heavy (non-hydrogen) atoms. The third-order valence-electron chi connectivity index (χ3n) is 3.32. The van der Waals surface area contributed by atoms with E-state index in [0.29, 0.717) is 12.5 Å². The zero-order valence-electron chi connectivity index (χ0n) is 10.6. The van der Waals surface area contributed by atoms with Crippen molar-refractivity contribution in [2.45, 2.75) is 26.4 Å². The van der Waals surface area contributed by atoms with Crippen molar-refractivity contribution in [2.75, 3.05) is 30.4 Å². The SMILES string of the molecule is CNc1cc(N2CCC(C)C(O)C2)nc(C)n1. The Morgan fingerprint density at radius 1 is 1.47 bits per heavy atom. The first-order valence-corrected chi connectivity index (χ1v) is 6.06. The number of β-amino-alcohol motifs (C(OH)–C–C–N with tert-alkyl or cyclic N) is 1. The molecule has 1 aliphatic heterocycles. The summed E-state index contributed by atoms with van der Waals surface area (Å²) >= 11 is 0. The van der Waals surface area contributed by atoms with E-state index in [-0.39, 0.29) is 6.10 Å². The Hall–Kier alpha value is -1.36. The number of aliphatic hydroxyl groups excluding tert-OH is 1. The second-order valence-corrected chi connectivity index (χ2v) is 4.69. The van der Waals surface area contributed by atoms with E-state index in [2.05, 4.69) is 27.1 Å². The molecule has 0 aliphatic carbocycles. The van der Waals surface area contributed by atoms with E-state index in [9.17, 15) is 5.11 Å². The summed E-state index contributed by atoms with van der Waals surface area (Å²) in [6, 6.07) is 1.93. The van der Waals surface area contributed by atoms with Crippen molar-refractivity contribution >= 4 is 11.6 Å². The zero-order chi connectivity index (χ0) is 12.4. The quantitative estimate of drug-likeness (QED) is 0.803. The van der Waals surface area contributed by atoms with Crippen molar-refractivity contribution in [1.82, 2.24) is 9.97 Å². The molecule has 5 nitrogen and oxygen atoms in total. The summed E-state index contributed by atoms with van der Waals surface area (Å²) in [5.41, 5.74) is 0. The molecule has 0 amide bonds. The number of hydrogen-bond acceptors (Lipinski definition) is 5. The van der Waals surface area contributed by atoms with Crippen LogP contribution in [-0.4, -0.2) is 41.3 Å². The maximum Gasteiger partial charge on any atom is 0.134 e. The minimum atomic E-state index is -0.267. The molecule has 2 rings (SSSR count). The lowest BCUT2D eigenvalue weighted by Crippen LogP contribution is -2.43. The Balaban J connectivity index is 2.19. The molecule has 0 aromatic carbocycles. The molecular weight excluding hydrogens is 216 g/mol. The highest BCUT2D eigenvalue weighted by atomic mass is 16.3. The van der Waals surface area contributed by atoms with Crippen LogP contribution in [0, 0.1) is 12.8 Å². The van der Waals surface area contributed by atoms with Crippen LogP contribution < -0.4 is 10.2 Å². The van der Waals surface area contributed by atoms with E-state index < -0.39 is 0 Å². The van der Waals surface area contributed by atoms with Crippen LogP contribution in [0.1, 0.15) is 19.2 Å². The van der Waals surface area contributed by atoms with Gasteiger partial charge in [0.25, 0.3) is 0 Å². The molecule has 2 unspecified atom stereocenters. The van der Waals surface area contributed by atoms with E-state index in [1.54, 1.807) is 0 Å². The first-order valence-electron chi connectivity index (χ1n) is 6.06. The standard InChI is InChI=1S/C12H20N4O/c1-8-4-5-16(7-10(8)17)12-6-11(13-3)14-9(2)15-12/h6,8,10,17H,4-5,7H2,1-3H3,(H,13,14,15). The fourth-order valence-corrected chi connectivity index (χ4v) is 2.10. The fourth-order valence-electron chi connectivity index (χ4n) is 2.10. The third kappa shape index (κ3) is 2.66. The summed E-state index contributed by atoms with van der Waals surface area (Å²) in [6.07, 6.45) is 0.732. The molecule has 2 heterocycles. The predicted molar refractivity (Wildman–Crippen MR) is 68.3 cm³/mol. The smallest absolute Gasteiger partial charge is 0.134 e. The normalized spacial score (nSPS) is 24.8. The van der Waals surface area contributed by atoms with Gasteiger partial charge in [-0.1, -0.05) is 6.92 Å². The Morgan fingerprint density at radius 3 is 2.88 bits per heavy atom. The largest absolute Gasteiger partial charge is 0.391 e. The molecule has 0 spiro atoms. The Kier molecular flexibility index (Phi) is 3.47. The molecule has 2 N–H and O–H groups in total. The summed E-state index contributed by atoms with van der Waals surface area (Å²) in [5, 5.41) is 12.9. The molecule has 94 valence electrons. The van der Waals surface area contributed by atoms with Crippen LogP contribution in [-0.2, 0) is 0 Å². The molecule has 0 radical (unpaired) electrons. The van der Waals surface area contributed by atoms with E-state index in [1.165, 1.54) is 0 Å². The van der Waals surface area contributed by atoms with Gasteiger partial charge in [-0.05, 0) is 19.3 Å². The number of aryl methyl sites for hydroxylation is 1. The van der Waals surface area contributed by atoms with Crippen LogP contribution in [0.25, 0.3) is 0 Å². The van der Waals surface area contributed by atoms with Gasteiger partial charge >= 0.3 is 0 Å². The van der Waals surface area contributed by atoms with Gasteiger partial charge in [0.15, 0.2) is 0 Å². The summed E-state index contributed by atoms with van der Waals surface area (Å²) in [5.74, 6) is 2.84. The maximum atomic E-state index is 9.90. The first-order chi connectivity index (χ1) is 8.10. The van der Waals surface area contributed by atoms with E-state index in [1.807, 2.05) is 20.0 Å². The van der Waals surface area contributed by atoms with Crippen molar-refractivity contribution in [3.8, 4) is 0 Å². The number of piperidine rings is 1. The lowest BCUT2D eigenvalue weighted by atomic mass is 9.96. The third-order valence-corrected chi connectivity index (χ3v) is 3.32. The topological polar surface area (TPSA) is 61.3 Å². The number of nitrogens with zero attached hydrogens (tertiary/aromatic N) is 3. The van der Waals surface area contributed by atoms with Crippen LogP contribution in [0.3, 0.4) is 0 Å². The zero-order valence-corrected chi connectivity index (χ0v) is 10.6. The maximum absolute atomic E-state index is 9.90. The van der Waals surface area contributed by atoms with Crippen LogP contribution in [0.4, 0.5) is 11.6 Å². The molecular formula is C12H20N4O. The van der Waals surface area contributed by atoms with Crippen molar-refractivity contribution < 1.29 is 5.11 Å². The van der Waals surface area contributed by atoms with E-state index >= 15 is 0 Å². The Labute approximate surface area is 102 Å². The first kappa shape index (κ1) is 12.1. The van der Waals surface area contributed by atoms with Gasteiger partial charge in [-0.25, -0.2) is 9.97 Å². The van der Waals surface area contributed by atoms with Gasteiger partial charge in [-0.15, -0.1) is 0 Å². The second kappa shape index (κ2) is 4.87. The van der Waals surface area contributed by atoms with Gasteiger partial charge < -0.3 is 15.3 Å². The predicted octanol–water partition coefficient (Wildman–Crippen LogP) is 1.03. The van der Waals surface area contributed by atoms with Gasteiger partial charge in [0.2, 0.25) is 0 Å². The highest BCUT2D eigenvalue weighted by Gasteiger charge is 2.25. The number of aromatic nitrogens is 2. The number of anilines is 2. The number of nitrogens with one attached hydrogen (secondary N) is 1. The average Bonchev–Trinajstić information content (AvgIpc) is 2.32. The molecule has 1 aliphatic rings. The van der Waals surface area contributed by atoms with Crippen molar-refractivity contribution in [1.29, 1.82) is 0 Å². The van der Waals surface area contributed by atoms with Crippen LogP contribution in [0.15, 0.2) is 6.07 Å². The number of rotatable bonds is 2. The second-order valence-electron chi connectivity index (χ2n) is 4.69. The summed E-state index contributed by atoms with van der Waals surface area (Å²) < 4.78 is 0. The van der Waals surface area contributed by atoms with Crippen molar-refractivity contribution in [3.05, 3.63) is 11.9 Å². The molecule has 2 atom stereocenters. The highest BCUT2D eigenvalue weighted by Crippen LogP contribution is 2.23. The minimum absolute atomic E-state index is 0.267. The van der Waals surface area contributed by atoms with Crippen LogP contribution in [0.2, 0.25) is 0 Å². The van der Waals surface area contributed by atoms with Gasteiger partial charge in [0.05, 0.1) is 6.10 Å². The van der Waals surface area contributed by atoms with Crippen molar-refractivity contribution in [3.63, 3.8) is 0 Å². The van der Waals surface area contributed by atoms with Crippen LogP contribution in [0.5, 0.6) is 0 Å². The Morgan fingerprint density at radius 2 is 2.24 bits per heavy atom. The summed E-state index contributed by atoms with van der Waals surface area (Å²) in [4.78, 5) is 10.8. The van der Waals surface area contributed by atoms with Gasteiger partial charge in [0.1, 0.15) is 17.5 Å². The molecule has 0 bridgehead atoms. The Bertz CT molecular complexity index is 396. The molecule has 1 aromatic rings. The molecule has 1 aromatic heterocycles. The van der Waals surface area contributed by atoms with E-state index in [0.717, 1.165) is 30.4 Å². The monoisotopic (exact) mass is 236 g/mol. The summed E-state index contributed by atoms with van der Waals surface area (Å²) in [6.45, 7) is 5.57. The minimum Gasteiger partial charge on any atom is -0.391 e. The molecule has 1 saturated heterocycles. The fraction of sp³-hybridized carbons (Fsp3) is 0.667. The number of aliphatic hydroxyl groups is 1. The lowest BCUT2D eigenvalue weighted by Gasteiger charge is -2.35. The highest BCUT2D eigenvalue weighted by molar-refractivity contribution is 5.49. The van der Waals surface area contributed by atoms with Crippen LogP contribution >= 0.6 is 0 Å². The average molecular weight is 236 g/mol. The molecule has 5 heteroatoms. The molecule has 0 saturated carbocycles. The van der Waals surface area contributed by atoms with Gasteiger partial charge in [-0.3, -0.25) is 0 Å². The van der Waals surface area contributed by atoms with Gasteiger partial charge in [0, 0.05) is 26.2 Å². The number of hydrogen-bond donors (Lipinski definition) is 2. The van der Waals surface area contributed by atoms with Gasteiger partial charge in [-0.2, -0.15) is 0 Å². The summed E-state index contributed by atoms with van der Waals surface area (Å²) in [7, 11) is 1.85. The molecule has 1 fully saturated rings. The van der Waals surface area contributed by atoms with E-state index in [4.69, 9.17) is 0 Å².